The van der Waals surface area contributed by atoms with Crippen LogP contribution in [0.1, 0.15) is 233 Å². The third-order valence-corrected chi connectivity index (χ3v) is 10.0. The molecule has 0 aliphatic heterocycles. The van der Waals surface area contributed by atoms with Crippen LogP contribution in [0.5, 0.6) is 0 Å². The van der Waals surface area contributed by atoms with Crippen LogP contribution < -0.4 is 30.1 Å². The Hall–Kier alpha value is 0.500. The smallest absolute Gasteiger partial charge is 0.0784 e. The minimum atomic E-state index is 0. The summed E-state index contributed by atoms with van der Waals surface area (Å²) in [6, 6.07) is 0. The molecule has 0 heterocycles. The van der Waals surface area contributed by atoms with Crippen molar-refractivity contribution in [3.05, 3.63) is 0 Å². The van der Waals surface area contributed by atoms with Crippen LogP contribution >= 0.6 is 0 Å². The van der Waals surface area contributed by atoms with Crippen LogP contribution in [-0.4, -0.2) is 44.8 Å². The van der Waals surface area contributed by atoms with Gasteiger partial charge in [-0.3, -0.25) is 0 Å². The molecule has 0 saturated heterocycles. The van der Waals surface area contributed by atoms with Crippen LogP contribution in [0.25, 0.3) is 0 Å². The fourth-order valence-corrected chi connectivity index (χ4v) is 6.70. The molecular weight excluding hydrogens is 603 g/mol. The lowest BCUT2D eigenvalue weighted by Gasteiger charge is -2.35. The van der Waals surface area contributed by atoms with Crippen molar-refractivity contribution in [1.82, 2.24) is 0 Å². The number of rotatable bonds is 36. The molecule has 0 rings (SSSR count). The van der Waals surface area contributed by atoms with E-state index in [1.54, 1.807) is 0 Å². The maximum Gasteiger partial charge on any atom is 0.0784 e. The number of nitrogens with two attached hydrogens (primary N) is 1. The van der Waals surface area contributed by atoms with Gasteiger partial charge in [-0.2, -0.15) is 0 Å². The molecule has 0 aromatic carbocycles. The first-order valence-electron chi connectivity index (χ1n) is 21.2. The fourth-order valence-electron chi connectivity index (χ4n) is 6.70. The van der Waals surface area contributed by atoms with Gasteiger partial charge >= 0.3 is 0 Å². The van der Waals surface area contributed by atoms with Crippen LogP contribution in [0.3, 0.4) is 0 Å². The Morgan fingerprint density at radius 1 is 0.304 bits per heavy atom. The van der Waals surface area contributed by atoms with Crippen molar-refractivity contribution in [1.29, 1.82) is 0 Å². The van der Waals surface area contributed by atoms with E-state index in [9.17, 15) is 0 Å². The minimum Gasteiger partial charge on any atom is -1.00 e. The number of nitrogens with zero attached hydrogens (tertiary/aromatic N) is 1. The SMILES string of the molecule is CCCCCCCCCCCCC[NH2+]C.CCCCCCCCC[N+](C)(CCCCCCCCC)CCCCCCCCC.[Cl-].[Cl-]. The number of hydrogen-bond donors (Lipinski definition) is 1. The second-order valence-corrected chi connectivity index (χ2v) is 14.9. The highest BCUT2D eigenvalue weighted by Gasteiger charge is 2.20. The summed E-state index contributed by atoms with van der Waals surface area (Å²) < 4.78 is 1.36. The molecule has 0 aliphatic carbocycles. The highest BCUT2D eigenvalue weighted by molar-refractivity contribution is 4.52. The van der Waals surface area contributed by atoms with E-state index in [-0.39, 0.29) is 24.8 Å². The summed E-state index contributed by atoms with van der Waals surface area (Å²) in [4.78, 5) is 0. The Labute approximate surface area is 307 Å². The van der Waals surface area contributed by atoms with E-state index in [1.807, 2.05) is 0 Å². The summed E-state index contributed by atoms with van der Waals surface area (Å²) in [5.74, 6) is 0. The summed E-state index contributed by atoms with van der Waals surface area (Å²) >= 11 is 0. The van der Waals surface area contributed by atoms with E-state index < -0.39 is 0 Å². The van der Waals surface area contributed by atoms with Crippen molar-refractivity contribution in [3.8, 4) is 0 Å². The van der Waals surface area contributed by atoms with Crippen LogP contribution in [0.2, 0.25) is 0 Å². The van der Waals surface area contributed by atoms with Crippen molar-refractivity contribution in [2.75, 3.05) is 40.3 Å². The third-order valence-electron chi connectivity index (χ3n) is 10.0. The Morgan fingerprint density at radius 3 is 0.717 bits per heavy atom. The van der Waals surface area contributed by atoms with Crippen LogP contribution in [0, 0.1) is 0 Å². The van der Waals surface area contributed by atoms with Crippen molar-refractivity contribution in [2.45, 2.75) is 233 Å². The van der Waals surface area contributed by atoms with Crippen LogP contribution in [0.4, 0.5) is 0 Å². The Bertz CT molecular complexity index is 431. The number of hydrogen-bond acceptors (Lipinski definition) is 0. The van der Waals surface area contributed by atoms with E-state index >= 15 is 0 Å². The van der Waals surface area contributed by atoms with Crippen molar-refractivity contribution in [2.24, 2.45) is 0 Å². The predicted molar refractivity (Wildman–Crippen MR) is 204 cm³/mol. The second kappa shape index (κ2) is 47.6. The van der Waals surface area contributed by atoms with Crippen LogP contribution in [-0.2, 0) is 0 Å². The Morgan fingerprint density at radius 2 is 0.500 bits per heavy atom. The lowest BCUT2D eigenvalue weighted by atomic mass is 10.1. The van der Waals surface area contributed by atoms with Gasteiger partial charge < -0.3 is 34.6 Å². The first kappa shape index (κ1) is 53.3. The summed E-state index contributed by atoms with van der Waals surface area (Å²) in [6.45, 7) is 14.8. The third kappa shape index (κ3) is 46.6. The minimum absolute atomic E-state index is 0. The molecule has 284 valence electrons. The highest BCUT2D eigenvalue weighted by atomic mass is 35.5. The van der Waals surface area contributed by atoms with Gasteiger partial charge in [0.25, 0.3) is 0 Å². The molecule has 2 nitrogen and oxygen atoms in total. The average molecular weight is 696 g/mol. The highest BCUT2D eigenvalue weighted by Crippen LogP contribution is 2.17. The van der Waals surface area contributed by atoms with Crippen molar-refractivity contribution >= 4 is 0 Å². The zero-order valence-electron chi connectivity index (χ0n) is 33.2. The molecule has 2 N–H and O–H groups in total. The first-order valence-corrected chi connectivity index (χ1v) is 21.2. The number of unbranched alkanes of at least 4 members (excludes halogenated alkanes) is 28. The van der Waals surface area contributed by atoms with Gasteiger partial charge in [-0.1, -0.05) is 182 Å². The van der Waals surface area contributed by atoms with E-state index in [0.717, 1.165) is 0 Å². The fraction of sp³-hybridized carbons (Fsp3) is 1.00. The van der Waals surface area contributed by atoms with Gasteiger partial charge in [-0.15, -0.1) is 0 Å². The molecule has 0 spiro atoms. The van der Waals surface area contributed by atoms with Gasteiger partial charge in [0.1, 0.15) is 0 Å². The normalized spacial score (nSPS) is 11.1. The lowest BCUT2D eigenvalue weighted by Crippen LogP contribution is -3.00. The van der Waals surface area contributed by atoms with Gasteiger partial charge in [-0.25, -0.2) is 0 Å². The van der Waals surface area contributed by atoms with Gasteiger partial charge in [0.05, 0.1) is 40.3 Å². The largest absolute Gasteiger partial charge is 1.00 e. The number of quaternary nitrogens is 2. The van der Waals surface area contributed by atoms with Gasteiger partial charge in [0.2, 0.25) is 0 Å². The van der Waals surface area contributed by atoms with Crippen molar-refractivity contribution < 1.29 is 34.6 Å². The van der Waals surface area contributed by atoms with E-state index in [4.69, 9.17) is 0 Å². The van der Waals surface area contributed by atoms with E-state index in [2.05, 4.69) is 47.1 Å². The van der Waals surface area contributed by atoms with Gasteiger partial charge in [0.15, 0.2) is 0 Å². The zero-order chi connectivity index (χ0) is 32.7. The average Bonchev–Trinajstić information content (AvgIpc) is 3.03. The molecule has 0 atom stereocenters. The summed E-state index contributed by atoms with van der Waals surface area (Å²) in [5.41, 5.74) is 0. The van der Waals surface area contributed by atoms with Gasteiger partial charge in [-0.05, 0) is 51.4 Å². The molecule has 0 amide bonds. The quantitative estimate of drug-likeness (QED) is 0.0529. The summed E-state index contributed by atoms with van der Waals surface area (Å²) in [5, 5.41) is 2.29. The summed E-state index contributed by atoms with van der Waals surface area (Å²) in [7, 11) is 4.74. The maximum atomic E-state index is 2.57. The Kier molecular flexibility index (Phi) is 55.2. The molecule has 0 aromatic rings. The second-order valence-electron chi connectivity index (χ2n) is 14.9. The van der Waals surface area contributed by atoms with Crippen molar-refractivity contribution in [3.63, 3.8) is 0 Å². The molecule has 0 bridgehead atoms. The summed E-state index contributed by atoms with van der Waals surface area (Å²) in [6.07, 6.45) is 46.3. The zero-order valence-corrected chi connectivity index (χ0v) is 34.7. The lowest BCUT2D eigenvalue weighted by molar-refractivity contribution is -0.910. The van der Waals surface area contributed by atoms with Gasteiger partial charge in [0, 0.05) is 0 Å². The maximum absolute atomic E-state index is 2.57. The monoisotopic (exact) mass is 695 g/mol. The molecule has 46 heavy (non-hydrogen) atoms. The molecule has 0 aromatic heterocycles. The number of halogens is 2. The molecule has 0 unspecified atom stereocenters. The van der Waals surface area contributed by atoms with E-state index in [0.29, 0.717) is 0 Å². The molecule has 4 heteroatoms. The molecule has 0 fully saturated rings. The molecule has 0 aliphatic rings. The standard InChI is InChI=1S/C28H60N.C14H31N.2ClH/c1-5-8-11-14-17-20-23-26-29(4,27-24-21-18-15-12-9-6-2)28-25-22-19-16-13-10-7-3;1-3-4-5-6-7-8-9-10-11-12-13-14-15-2;;/h5-28H2,1-4H3;15H,3-14H2,1-2H3;2*1H/q+1;;;/p-1. The molecule has 0 saturated carbocycles. The topological polar surface area (TPSA) is 16.6 Å². The van der Waals surface area contributed by atoms with E-state index in [1.165, 1.54) is 236 Å². The molecular formula is C42H92Cl2N2. The Balaban J connectivity index is -0.000000441. The van der Waals surface area contributed by atoms with Crippen LogP contribution in [0.15, 0.2) is 0 Å². The molecule has 0 radical (unpaired) electrons. The first-order chi connectivity index (χ1) is 21.6. The predicted octanol–water partition coefficient (Wildman–Crippen LogP) is 7.18.